The normalized spacial score (nSPS) is 13.6. The maximum Gasteiger partial charge on any atom is 0.224 e. The molecule has 1 amide bonds. The van der Waals surface area contributed by atoms with Crippen LogP contribution in [0, 0.1) is 5.92 Å². The maximum absolute atomic E-state index is 11.7. The third-order valence-corrected chi connectivity index (χ3v) is 3.39. The zero-order valence-corrected chi connectivity index (χ0v) is 13.3. The van der Waals surface area contributed by atoms with Crippen LogP contribution in [0.3, 0.4) is 0 Å². The van der Waals surface area contributed by atoms with Gasteiger partial charge >= 0.3 is 0 Å². The number of rotatable bonds is 8. The molecular formula is C14H21BrN2O3. The van der Waals surface area contributed by atoms with Crippen molar-refractivity contribution >= 4 is 21.8 Å². The number of aliphatic hydroxyl groups is 1. The lowest BCUT2D eigenvalue weighted by molar-refractivity contribution is -0.124. The molecule has 0 saturated carbocycles. The molecule has 0 heterocycles. The summed E-state index contributed by atoms with van der Waals surface area (Å²) in [5, 5.41) is 15.4. The molecule has 6 heteroatoms. The Labute approximate surface area is 127 Å². The summed E-state index contributed by atoms with van der Waals surface area (Å²) in [7, 11) is 1.80. The molecule has 5 nitrogen and oxygen atoms in total. The largest absolute Gasteiger partial charge is 0.490 e. The van der Waals surface area contributed by atoms with Crippen LogP contribution in [0.2, 0.25) is 0 Å². The average Bonchev–Trinajstić information content (AvgIpc) is 2.44. The van der Waals surface area contributed by atoms with E-state index < -0.39 is 6.10 Å². The predicted molar refractivity (Wildman–Crippen MR) is 81.7 cm³/mol. The van der Waals surface area contributed by atoms with Crippen LogP contribution < -0.4 is 15.4 Å². The molecule has 112 valence electrons. The van der Waals surface area contributed by atoms with Crippen molar-refractivity contribution in [1.82, 2.24) is 10.6 Å². The highest BCUT2D eigenvalue weighted by Crippen LogP contribution is 2.23. The summed E-state index contributed by atoms with van der Waals surface area (Å²) in [6.45, 7) is 2.74. The number of hydrogen-bond donors (Lipinski definition) is 3. The highest BCUT2D eigenvalue weighted by atomic mass is 79.9. The van der Waals surface area contributed by atoms with Gasteiger partial charge in [-0.2, -0.15) is 0 Å². The van der Waals surface area contributed by atoms with Gasteiger partial charge in [0.05, 0.1) is 4.47 Å². The van der Waals surface area contributed by atoms with Crippen LogP contribution >= 0.6 is 15.9 Å². The number of amides is 1. The second kappa shape index (κ2) is 8.94. The summed E-state index contributed by atoms with van der Waals surface area (Å²) in [5.41, 5.74) is 0. The smallest absolute Gasteiger partial charge is 0.224 e. The van der Waals surface area contributed by atoms with Crippen LogP contribution in [-0.4, -0.2) is 43.9 Å². The van der Waals surface area contributed by atoms with Crippen molar-refractivity contribution in [3.8, 4) is 5.75 Å². The standard InChI is InChI=1S/C14H21BrN2O3/c1-10(7-16-2)14(19)17-8-11(18)9-20-13-6-4-3-5-12(13)15/h3-6,10-11,16,18H,7-9H2,1-2H3,(H,17,19). The summed E-state index contributed by atoms with van der Waals surface area (Å²) >= 11 is 3.36. The zero-order valence-electron chi connectivity index (χ0n) is 11.7. The molecule has 0 fully saturated rings. The summed E-state index contributed by atoms with van der Waals surface area (Å²) in [6, 6.07) is 7.41. The third kappa shape index (κ3) is 5.90. The molecule has 1 aromatic carbocycles. The number of benzene rings is 1. The Kier molecular flexibility index (Phi) is 7.58. The van der Waals surface area contributed by atoms with Crippen molar-refractivity contribution in [2.24, 2.45) is 5.92 Å². The highest BCUT2D eigenvalue weighted by Gasteiger charge is 2.13. The number of nitrogens with one attached hydrogen (secondary N) is 2. The second-order valence-corrected chi connectivity index (χ2v) is 5.45. The van der Waals surface area contributed by atoms with Gasteiger partial charge in [0.15, 0.2) is 0 Å². The highest BCUT2D eigenvalue weighted by molar-refractivity contribution is 9.10. The van der Waals surface area contributed by atoms with E-state index in [1.54, 1.807) is 7.05 Å². The molecule has 0 aliphatic carbocycles. The number of carbonyl (C=O) groups excluding carboxylic acids is 1. The number of aliphatic hydroxyl groups excluding tert-OH is 1. The number of ether oxygens (including phenoxy) is 1. The summed E-state index contributed by atoms with van der Waals surface area (Å²) in [5.74, 6) is 0.456. The van der Waals surface area contributed by atoms with Crippen molar-refractivity contribution in [1.29, 1.82) is 0 Å². The minimum atomic E-state index is -0.743. The molecule has 3 N–H and O–H groups in total. The molecule has 0 aromatic heterocycles. The van der Waals surface area contributed by atoms with Gasteiger partial charge in [-0.05, 0) is 35.1 Å². The van der Waals surface area contributed by atoms with E-state index in [1.165, 1.54) is 0 Å². The Morgan fingerprint density at radius 2 is 2.10 bits per heavy atom. The first-order valence-electron chi connectivity index (χ1n) is 6.52. The van der Waals surface area contributed by atoms with E-state index >= 15 is 0 Å². The number of carbonyl (C=O) groups is 1. The van der Waals surface area contributed by atoms with Crippen molar-refractivity contribution < 1.29 is 14.6 Å². The van der Waals surface area contributed by atoms with Gasteiger partial charge < -0.3 is 20.5 Å². The topological polar surface area (TPSA) is 70.6 Å². The Hall–Kier alpha value is -1.11. The average molecular weight is 345 g/mol. The lowest BCUT2D eigenvalue weighted by Crippen LogP contribution is -2.40. The van der Waals surface area contributed by atoms with Crippen molar-refractivity contribution in [2.75, 3.05) is 26.7 Å². The fraction of sp³-hybridized carbons (Fsp3) is 0.500. The first-order chi connectivity index (χ1) is 9.54. The van der Waals surface area contributed by atoms with E-state index in [2.05, 4.69) is 26.6 Å². The molecule has 0 radical (unpaired) electrons. The van der Waals surface area contributed by atoms with Gasteiger partial charge in [0.1, 0.15) is 18.5 Å². The van der Waals surface area contributed by atoms with Crippen molar-refractivity contribution in [3.05, 3.63) is 28.7 Å². The predicted octanol–water partition coefficient (Wildman–Crippen LogP) is 1.16. The minimum absolute atomic E-state index is 0.0840. The van der Waals surface area contributed by atoms with E-state index in [4.69, 9.17) is 4.74 Å². The van der Waals surface area contributed by atoms with E-state index in [9.17, 15) is 9.90 Å². The number of halogens is 1. The molecule has 0 spiro atoms. The Balaban J connectivity index is 2.29. The molecule has 0 aliphatic rings. The SMILES string of the molecule is CNCC(C)C(=O)NCC(O)COc1ccccc1Br. The van der Waals surface area contributed by atoms with Crippen LogP contribution in [0.25, 0.3) is 0 Å². The van der Waals surface area contributed by atoms with Crippen LogP contribution in [0.5, 0.6) is 5.75 Å². The monoisotopic (exact) mass is 344 g/mol. The molecule has 0 saturated heterocycles. The number of hydrogen-bond acceptors (Lipinski definition) is 4. The van der Waals surface area contributed by atoms with Crippen LogP contribution in [0.4, 0.5) is 0 Å². The lowest BCUT2D eigenvalue weighted by Gasteiger charge is -2.16. The van der Waals surface area contributed by atoms with Gasteiger partial charge in [-0.3, -0.25) is 4.79 Å². The van der Waals surface area contributed by atoms with E-state index in [-0.39, 0.29) is 25.0 Å². The molecule has 20 heavy (non-hydrogen) atoms. The molecule has 2 atom stereocenters. The first kappa shape index (κ1) is 16.9. The van der Waals surface area contributed by atoms with Crippen LogP contribution in [0.1, 0.15) is 6.92 Å². The molecule has 2 unspecified atom stereocenters. The maximum atomic E-state index is 11.7. The van der Waals surface area contributed by atoms with Crippen LogP contribution in [-0.2, 0) is 4.79 Å². The third-order valence-electron chi connectivity index (χ3n) is 2.74. The Bertz CT molecular complexity index is 429. The van der Waals surface area contributed by atoms with Crippen LogP contribution in [0.15, 0.2) is 28.7 Å². The number of para-hydroxylation sites is 1. The van der Waals surface area contributed by atoms with Crippen molar-refractivity contribution in [3.63, 3.8) is 0 Å². The summed E-state index contributed by atoms with van der Waals surface area (Å²) in [6.07, 6.45) is -0.743. The van der Waals surface area contributed by atoms with Gasteiger partial charge in [0.2, 0.25) is 5.91 Å². The molecule has 1 aromatic rings. The van der Waals surface area contributed by atoms with Crippen molar-refractivity contribution in [2.45, 2.75) is 13.0 Å². The first-order valence-corrected chi connectivity index (χ1v) is 7.31. The minimum Gasteiger partial charge on any atom is -0.490 e. The fourth-order valence-corrected chi connectivity index (χ4v) is 2.00. The van der Waals surface area contributed by atoms with Gasteiger partial charge in [-0.25, -0.2) is 0 Å². The summed E-state index contributed by atoms with van der Waals surface area (Å²) < 4.78 is 6.31. The Morgan fingerprint density at radius 3 is 2.75 bits per heavy atom. The van der Waals surface area contributed by atoms with Gasteiger partial charge in [-0.1, -0.05) is 19.1 Å². The second-order valence-electron chi connectivity index (χ2n) is 4.60. The molecule has 0 aliphatic heterocycles. The molecule has 0 bridgehead atoms. The van der Waals surface area contributed by atoms with Gasteiger partial charge in [-0.15, -0.1) is 0 Å². The molecular weight excluding hydrogens is 324 g/mol. The van der Waals surface area contributed by atoms with E-state index in [0.717, 1.165) is 4.47 Å². The zero-order chi connectivity index (χ0) is 15.0. The van der Waals surface area contributed by atoms with E-state index in [0.29, 0.717) is 12.3 Å². The quantitative estimate of drug-likeness (QED) is 0.661. The van der Waals surface area contributed by atoms with Gasteiger partial charge in [0.25, 0.3) is 0 Å². The lowest BCUT2D eigenvalue weighted by atomic mass is 10.1. The van der Waals surface area contributed by atoms with Gasteiger partial charge in [0, 0.05) is 19.0 Å². The fourth-order valence-electron chi connectivity index (χ4n) is 1.60. The summed E-state index contributed by atoms with van der Waals surface area (Å²) in [4.78, 5) is 11.7. The molecule has 1 rings (SSSR count). The van der Waals surface area contributed by atoms with E-state index in [1.807, 2.05) is 31.2 Å². The Morgan fingerprint density at radius 1 is 1.40 bits per heavy atom.